The fraction of sp³-hybridized carbons (Fsp3) is 0.538. The standard InChI is InChI=1S/C13H19NO2/c1-15-10-5-6-11(12(9-10)16-2)13(14)7-3-4-8-13/h5-6,9H,3-4,7-8,14H2,1-2H3. The van der Waals surface area contributed by atoms with Gasteiger partial charge in [0.2, 0.25) is 0 Å². The van der Waals surface area contributed by atoms with Crippen LogP contribution < -0.4 is 15.2 Å². The first-order valence-corrected chi connectivity index (χ1v) is 5.71. The molecule has 2 N–H and O–H groups in total. The minimum absolute atomic E-state index is 0.211. The maximum Gasteiger partial charge on any atom is 0.127 e. The maximum absolute atomic E-state index is 6.43. The summed E-state index contributed by atoms with van der Waals surface area (Å²) in [6, 6.07) is 5.88. The lowest BCUT2D eigenvalue weighted by Crippen LogP contribution is -2.33. The number of rotatable bonds is 3. The lowest BCUT2D eigenvalue weighted by Gasteiger charge is -2.26. The Labute approximate surface area is 96.5 Å². The van der Waals surface area contributed by atoms with Crippen LogP contribution in [0.3, 0.4) is 0 Å². The molecule has 1 aliphatic carbocycles. The molecule has 16 heavy (non-hydrogen) atoms. The Bertz CT molecular complexity index is 370. The second kappa shape index (κ2) is 4.34. The molecule has 0 unspecified atom stereocenters. The zero-order valence-corrected chi connectivity index (χ0v) is 9.95. The van der Waals surface area contributed by atoms with Crippen molar-refractivity contribution in [2.75, 3.05) is 14.2 Å². The van der Waals surface area contributed by atoms with Crippen LogP contribution in [0.2, 0.25) is 0 Å². The Kier molecular flexibility index (Phi) is 3.06. The van der Waals surface area contributed by atoms with Gasteiger partial charge in [-0.15, -0.1) is 0 Å². The SMILES string of the molecule is COc1ccc(C2(N)CCCC2)c(OC)c1. The molecule has 1 saturated carbocycles. The smallest absolute Gasteiger partial charge is 0.127 e. The van der Waals surface area contributed by atoms with Crippen LogP contribution in [0.5, 0.6) is 11.5 Å². The maximum atomic E-state index is 6.43. The number of hydrogen-bond acceptors (Lipinski definition) is 3. The van der Waals surface area contributed by atoms with Crippen molar-refractivity contribution in [3.63, 3.8) is 0 Å². The predicted molar refractivity (Wildman–Crippen MR) is 63.9 cm³/mol. The van der Waals surface area contributed by atoms with Gasteiger partial charge in [-0.3, -0.25) is 0 Å². The summed E-state index contributed by atoms with van der Waals surface area (Å²) in [4.78, 5) is 0. The average molecular weight is 221 g/mol. The minimum Gasteiger partial charge on any atom is -0.497 e. The van der Waals surface area contributed by atoms with Gasteiger partial charge in [0.15, 0.2) is 0 Å². The van der Waals surface area contributed by atoms with Crippen LogP contribution >= 0.6 is 0 Å². The molecule has 0 radical (unpaired) electrons. The molecule has 0 aromatic heterocycles. The molecule has 1 aromatic rings. The second-order valence-corrected chi connectivity index (χ2v) is 4.43. The van der Waals surface area contributed by atoms with Crippen LogP contribution in [0.15, 0.2) is 18.2 Å². The molecular weight excluding hydrogens is 202 g/mol. The van der Waals surface area contributed by atoms with Gasteiger partial charge in [0.1, 0.15) is 11.5 Å². The van der Waals surface area contributed by atoms with E-state index in [0.29, 0.717) is 0 Å². The fourth-order valence-electron chi connectivity index (χ4n) is 2.49. The molecule has 0 saturated heterocycles. The first-order chi connectivity index (χ1) is 7.69. The average Bonchev–Trinajstić information content (AvgIpc) is 2.76. The van der Waals surface area contributed by atoms with Gasteiger partial charge in [0.25, 0.3) is 0 Å². The van der Waals surface area contributed by atoms with Gasteiger partial charge >= 0.3 is 0 Å². The minimum atomic E-state index is -0.211. The Balaban J connectivity index is 2.39. The van der Waals surface area contributed by atoms with Crippen LogP contribution in [0, 0.1) is 0 Å². The number of benzene rings is 1. The highest BCUT2D eigenvalue weighted by molar-refractivity contribution is 5.45. The number of methoxy groups -OCH3 is 2. The molecule has 0 heterocycles. The van der Waals surface area contributed by atoms with Crippen molar-refractivity contribution in [2.24, 2.45) is 5.73 Å². The van der Waals surface area contributed by atoms with Crippen molar-refractivity contribution in [1.29, 1.82) is 0 Å². The topological polar surface area (TPSA) is 44.5 Å². The highest BCUT2D eigenvalue weighted by atomic mass is 16.5. The van der Waals surface area contributed by atoms with E-state index in [2.05, 4.69) is 0 Å². The third kappa shape index (κ3) is 1.87. The Hall–Kier alpha value is -1.22. The van der Waals surface area contributed by atoms with Crippen LogP contribution in [-0.2, 0) is 5.54 Å². The van der Waals surface area contributed by atoms with E-state index in [1.807, 2.05) is 18.2 Å². The predicted octanol–water partition coefficient (Wildman–Crippen LogP) is 2.43. The van der Waals surface area contributed by atoms with E-state index in [-0.39, 0.29) is 5.54 Å². The molecule has 3 nitrogen and oxygen atoms in total. The highest BCUT2D eigenvalue weighted by Crippen LogP contribution is 2.41. The molecule has 3 heteroatoms. The number of hydrogen-bond donors (Lipinski definition) is 1. The summed E-state index contributed by atoms with van der Waals surface area (Å²) in [5.74, 6) is 1.64. The normalized spacial score (nSPS) is 18.4. The second-order valence-electron chi connectivity index (χ2n) is 4.43. The van der Waals surface area contributed by atoms with Crippen LogP contribution in [0.1, 0.15) is 31.2 Å². The summed E-state index contributed by atoms with van der Waals surface area (Å²) < 4.78 is 10.6. The first-order valence-electron chi connectivity index (χ1n) is 5.71. The van der Waals surface area contributed by atoms with Gasteiger partial charge < -0.3 is 15.2 Å². The largest absolute Gasteiger partial charge is 0.497 e. The summed E-state index contributed by atoms with van der Waals surface area (Å²) in [5, 5.41) is 0. The summed E-state index contributed by atoms with van der Waals surface area (Å²) in [6.45, 7) is 0. The quantitative estimate of drug-likeness (QED) is 0.852. The molecule has 1 fully saturated rings. The van der Waals surface area contributed by atoms with Crippen LogP contribution in [-0.4, -0.2) is 14.2 Å². The molecule has 2 rings (SSSR count). The van der Waals surface area contributed by atoms with E-state index < -0.39 is 0 Å². The monoisotopic (exact) mass is 221 g/mol. The van der Waals surface area contributed by atoms with Gasteiger partial charge in [0, 0.05) is 17.2 Å². The summed E-state index contributed by atoms with van der Waals surface area (Å²) in [7, 11) is 3.33. The van der Waals surface area contributed by atoms with Crippen molar-refractivity contribution >= 4 is 0 Å². The van der Waals surface area contributed by atoms with Crippen LogP contribution in [0.4, 0.5) is 0 Å². The van der Waals surface area contributed by atoms with Gasteiger partial charge in [-0.05, 0) is 25.0 Å². The lowest BCUT2D eigenvalue weighted by atomic mass is 9.88. The van der Waals surface area contributed by atoms with Gasteiger partial charge in [-0.2, -0.15) is 0 Å². The molecule has 88 valence electrons. The molecule has 1 aliphatic rings. The number of nitrogens with two attached hydrogens (primary N) is 1. The van der Waals surface area contributed by atoms with Crippen molar-refractivity contribution in [1.82, 2.24) is 0 Å². The van der Waals surface area contributed by atoms with E-state index in [4.69, 9.17) is 15.2 Å². The van der Waals surface area contributed by atoms with E-state index >= 15 is 0 Å². The Morgan fingerprint density at radius 3 is 2.38 bits per heavy atom. The third-order valence-corrected chi connectivity index (χ3v) is 3.44. The highest BCUT2D eigenvalue weighted by Gasteiger charge is 2.33. The third-order valence-electron chi connectivity index (χ3n) is 3.44. The summed E-state index contributed by atoms with van der Waals surface area (Å²) >= 11 is 0. The van der Waals surface area contributed by atoms with E-state index in [1.54, 1.807) is 14.2 Å². The fourth-order valence-corrected chi connectivity index (χ4v) is 2.49. The van der Waals surface area contributed by atoms with Gasteiger partial charge in [-0.1, -0.05) is 12.8 Å². The van der Waals surface area contributed by atoms with Crippen molar-refractivity contribution in [3.05, 3.63) is 23.8 Å². The van der Waals surface area contributed by atoms with Gasteiger partial charge in [0.05, 0.1) is 14.2 Å². The molecule has 0 spiro atoms. The van der Waals surface area contributed by atoms with E-state index in [1.165, 1.54) is 12.8 Å². The van der Waals surface area contributed by atoms with E-state index in [0.717, 1.165) is 29.9 Å². The Morgan fingerprint density at radius 1 is 1.12 bits per heavy atom. The molecule has 0 amide bonds. The molecule has 1 aromatic carbocycles. The molecule has 0 aliphatic heterocycles. The van der Waals surface area contributed by atoms with Crippen molar-refractivity contribution < 1.29 is 9.47 Å². The zero-order valence-electron chi connectivity index (χ0n) is 9.95. The van der Waals surface area contributed by atoms with E-state index in [9.17, 15) is 0 Å². The molecular formula is C13H19NO2. The lowest BCUT2D eigenvalue weighted by molar-refractivity contribution is 0.369. The zero-order chi connectivity index (χ0) is 11.6. The molecule has 0 atom stereocenters. The summed E-state index contributed by atoms with van der Waals surface area (Å²) in [5.41, 5.74) is 7.32. The summed E-state index contributed by atoms with van der Waals surface area (Å²) in [6.07, 6.45) is 4.47. The molecule has 0 bridgehead atoms. The first kappa shape index (κ1) is 11.3. The van der Waals surface area contributed by atoms with Gasteiger partial charge in [-0.25, -0.2) is 0 Å². The van der Waals surface area contributed by atoms with Crippen molar-refractivity contribution in [3.8, 4) is 11.5 Å². The Morgan fingerprint density at radius 2 is 1.81 bits per heavy atom. The van der Waals surface area contributed by atoms with Crippen LogP contribution in [0.25, 0.3) is 0 Å². The van der Waals surface area contributed by atoms with Crippen molar-refractivity contribution in [2.45, 2.75) is 31.2 Å². The number of ether oxygens (including phenoxy) is 2.